The Labute approximate surface area is 124 Å². The normalized spacial score (nSPS) is 11.2. The summed E-state index contributed by atoms with van der Waals surface area (Å²) in [5.74, 6) is 0.587. The smallest absolute Gasteiger partial charge is 0.215 e. The third-order valence-electron chi connectivity index (χ3n) is 2.75. The molecule has 0 saturated carbocycles. The minimum atomic E-state index is -3.35. The van der Waals surface area contributed by atoms with Gasteiger partial charge in [0.15, 0.2) is 0 Å². The quantitative estimate of drug-likeness (QED) is 0.603. The summed E-state index contributed by atoms with van der Waals surface area (Å²) < 4.78 is 31.7. The Morgan fingerprint density at radius 2 is 1.81 bits per heavy atom. The van der Waals surface area contributed by atoms with Gasteiger partial charge in [0, 0.05) is 18.3 Å². The number of hydrogen-bond donors (Lipinski definition) is 2. The van der Waals surface area contributed by atoms with Crippen molar-refractivity contribution in [1.29, 1.82) is 0 Å². The molecule has 0 saturated heterocycles. The number of sulfonamides is 1. The van der Waals surface area contributed by atoms with Crippen LogP contribution in [0.1, 0.15) is 5.56 Å². The van der Waals surface area contributed by atoms with Crippen LogP contribution in [-0.4, -0.2) is 21.6 Å². The van der Waals surface area contributed by atoms with E-state index in [2.05, 4.69) is 4.72 Å². The van der Waals surface area contributed by atoms with E-state index in [1.807, 2.05) is 18.2 Å². The first-order valence-electron chi connectivity index (χ1n) is 6.55. The van der Waals surface area contributed by atoms with Crippen molar-refractivity contribution < 1.29 is 13.2 Å². The van der Waals surface area contributed by atoms with Gasteiger partial charge >= 0.3 is 0 Å². The first-order valence-corrected chi connectivity index (χ1v) is 8.20. The van der Waals surface area contributed by atoms with Gasteiger partial charge in [-0.1, -0.05) is 36.4 Å². The van der Waals surface area contributed by atoms with Gasteiger partial charge in [0.2, 0.25) is 10.0 Å². The third kappa shape index (κ3) is 5.45. The number of nitrogen functional groups attached to an aromatic ring is 1. The van der Waals surface area contributed by atoms with Crippen molar-refractivity contribution >= 4 is 15.7 Å². The summed E-state index contributed by atoms with van der Waals surface area (Å²) in [7, 11) is -3.35. The number of benzene rings is 2. The number of rotatable bonds is 7. The van der Waals surface area contributed by atoms with Crippen LogP contribution in [0.15, 0.2) is 54.6 Å². The highest BCUT2D eigenvalue weighted by molar-refractivity contribution is 7.88. The maximum Gasteiger partial charge on any atom is 0.215 e. The van der Waals surface area contributed by atoms with Crippen LogP contribution in [0.5, 0.6) is 5.75 Å². The van der Waals surface area contributed by atoms with E-state index in [0.717, 1.165) is 5.56 Å². The van der Waals surface area contributed by atoms with Gasteiger partial charge in [0.05, 0.1) is 5.75 Å². The van der Waals surface area contributed by atoms with Gasteiger partial charge in [-0.2, -0.15) is 0 Å². The second-order valence-corrected chi connectivity index (χ2v) is 6.37. The Bertz CT molecular complexity index is 672. The molecule has 0 bridgehead atoms. The Hall–Kier alpha value is -2.05. The first kappa shape index (κ1) is 15.3. The minimum absolute atomic E-state index is 0.0356. The van der Waals surface area contributed by atoms with Crippen LogP contribution >= 0.6 is 0 Å². The number of hydrogen-bond acceptors (Lipinski definition) is 4. The molecule has 0 amide bonds. The van der Waals surface area contributed by atoms with E-state index in [0.29, 0.717) is 11.4 Å². The van der Waals surface area contributed by atoms with Crippen molar-refractivity contribution in [1.82, 2.24) is 4.72 Å². The van der Waals surface area contributed by atoms with E-state index < -0.39 is 10.0 Å². The lowest BCUT2D eigenvalue weighted by Crippen LogP contribution is -2.29. The zero-order chi connectivity index (χ0) is 15.1. The highest BCUT2D eigenvalue weighted by atomic mass is 32.2. The molecule has 0 aromatic heterocycles. The van der Waals surface area contributed by atoms with E-state index in [1.54, 1.807) is 36.4 Å². The molecule has 6 heteroatoms. The molecule has 2 rings (SSSR count). The van der Waals surface area contributed by atoms with Crippen LogP contribution in [-0.2, 0) is 15.8 Å². The van der Waals surface area contributed by atoms with E-state index in [1.165, 1.54) is 0 Å². The molecule has 21 heavy (non-hydrogen) atoms. The van der Waals surface area contributed by atoms with Gasteiger partial charge in [-0.3, -0.25) is 0 Å². The number of nitrogens with one attached hydrogen (secondary N) is 1. The van der Waals surface area contributed by atoms with E-state index in [9.17, 15) is 8.42 Å². The second-order valence-electron chi connectivity index (χ2n) is 4.56. The summed E-state index contributed by atoms with van der Waals surface area (Å²) in [6.45, 7) is 0.460. The van der Waals surface area contributed by atoms with Crippen LogP contribution in [0, 0.1) is 0 Å². The SMILES string of the molecule is Nc1cccc(OCCNS(=O)(=O)Cc2ccccc2)c1. The predicted octanol–water partition coefficient (Wildman–Crippen LogP) is 1.77. The van der Waals surface area contributed by atoms with Crippen LogP contribution in [0.2, 0.25) is 0 Å². The van der Waals surface area contributed by atoms with Crippen molar-refractivity contribution in [3.63, 3.8) is 0 Å². The van der Waals surface area contributed by atoms with Gasteiger partial charge in [0.25, 0.3) is 0 Å². The number of nitrogens with two attached hydrogens (primary N) is 1. The molecule has 0 radical (unpaired) electrons. The largest absolute Gasteiger partial charge is 0.492 e. The Morgan fingerprint density at radius 1 is 1.05 bits per heavy atom. The topological polar surface area (TPSA) is 81.4 Å². The fraction of sp³-hybridized carbons (Fsp3) is 0.200. The fourth-order valence-corrected chi connectivity index (χ4v) is 2.94. The first-order chi connectivity index (χ1) is 10.1. The van der Waals surface area contributed by atoms with Gasteiger partial charge in [-0.05, 0) is 17.7 Å². The monoisotopic (exact) mass is 306 g/mol. The highest BCUT2D eigenvalue weighted by Gasteiger charge is 2.10. The van der Waals surface area contributed by atoms with Crippen LogP contribution in [0.25, 0.3) is 0 Å². The zero-order valence-electron chi connectivity index (χ0n) is 11.5. The molecule has 2 aromatic carbocycles. The summed E-state index contributed by atoms with van der Waals surface area (Å²) >= 11 is 0. The van der Waals surface area contributed by atoms with Crippen LogP contribution in [0.4, 0.5) is 5.69 Å². The molecule has 0 aliphatic rings. The molecule has 0 fully saturated rings. The maximum atomic E-state index is 11.9. The summed E-state index contributed by atoms with van der Waals surface area (Å²) in [6.07, 6.45) is 0. The van der Waals surface area contributed by atoms with Crippen molar-refractivity contribution in [3.05, 3.63) is 60.2 Å². The molecule has 5 nitrogen and oxygen atoms in total. The molecule has 2 aromatic rings. The molecule has 3 N–H and O–H groups in total. The van der Waals surface area contributed by atoms with Crippen molar-refractivity contribution in [2.45, 2.75) is 5.75 Å². The Kier molecular flexibility index (Phi) is 5.19. The van der Waals surface area contributed by atoms with Gasteiger partial charge in [-0.25, -0.2) is 13.1 Å². The molecule has 112 valence electrons. The predicted molar refractivity (Wildman–Crippen MR) is 83.4 cm³/mol. The van der Waals surface area contributed by atoms with Crippen LogP contribution in [0.3, 0.4) is 0 Å². The minimum Gasteiger partial charge on any atom is -0.492 e. The highest BCUT2D eigenvalue weighted by Crippen LogP contribution is 2.14. The van der Waals surface area contributed by atoms with Gasteiger partial charge in [-0.15, -0.1) is 0 Å². The molecule has 0 spiro atoms. The van der Waals surface area contributed by atoms with Gasteiger partial charge < -0.3 is 10.5 Å². The lowest BCUT2D eigenvalue weighted by Gasteiger charge is -2.09. The van der Waals surface area contributed by atoms with E-state index in [4.69, 9.17) is 10.5 Å². The molecule has 0 aliphatic heterocycles. The maximum absolute atomic E-state index is 11.9. The summed E-state index contributed by atoms with van der Waals surface area (Å²) in [5.41, 5.74) is 6.99. The second kappa shape index (κ2) is 7.10. The molecule has 0 atom stereocenters. The number of anilines is 1. The standard InChI is InChI=1S/C15H18N2O3S/c16-14-7-4-8-15(11-14)20-10-9-17-21(18,19)12-13-5-2-1-3-6-13/h1-8,11,17H,9-10,12,16H2. The zero-order valence-corrected chi connectivity index (χ0v) is 12.3. The lowest BCUT2D eigenvalue weighted by molar-refractivity contribution is 0.323. The fourth-order valence-electron chi connectivity index (χ4n) is 1.82. The molecule has 0 aliphatic carbocycles. The van der Waals surface area contributed by atoms with Crippen molar-refractivity contribution in [2.24, 2.45) is 0 Å². The van der Waals surface area contributed by atoms with Gasteiger partial charge in [0.1, 0.15) is 12.4 Å². The Balaban J connectivity index is 1.77. The van der Waals surface area contributed by atoms with E-state index >= 15 is 0 Å². The summed E-state index contributed by atoms with van der Waals surface area (Å²) in [6, 6.07) is 16.0. The average Bonchev–Trinajstić information content (AvgIpc) is 2.44. The molecule has 0 heterocycles. The Morgan fingerprint density at radius 3 is 2.52 bits per heavy atom. The lowest BCUT2D eigenvalue weighted by atomic mass is 10.2. The van der Waals surface area contributed by atoms with Crippen molar-refractivity contribution in [3.8, 4) is 5.75 Å². The molecular weight excluding hydrogens is 288 g/mol. The molecule has 0 unspecified atom stereocenters. The van der Waals surface area contributed by atoms with Crippen molar-refractivity contribution in [2.75, 3.05) is 18.9 Å². The van der Waals surface area contributed by atoms with Crippen LogP contribution < -0.4 is 15.2 Å². The molecular formula is C15H18N2O3S. The summed E-state index contributed by atoms with van der Waals surface area (Å²) in [5, 5.41) is 0. The average molecular weight is 306 g/mol. The summed E-state index contributed by atoms with van der Waals surface area (Å²) in [4.78, 5) is 0. The third-order valence-corrected chi connectivity index (χ3v) is 4.11. The van der Waals surface area contributed by atoms with E-state index in [-0.39, 0.29) is 18.9 Å². The number of ether oxygens (including phenoxy) is 1.